The second kappa shape index (κ2) is 6.56. The number of aryl methyl sites for hydroxylation is 1. The Kier molecular flexibility index (Phi) is 4.47. The van der Waals surface area contributed by atoms with Crippen molar-refractivity contribution in [1.29, 1.82) is 0 Å². The molecule has 2 aromatic carbocycles. The van der Waals surface area contributed by atoms with Crippen LogP contribution in [0.4, 0.5) is 8.78 Å². The van der Waals surface area contributed by atoms with Gasteiger partial charge in [0.2, 0.25) is 0 Å². The average molecular weight is 326 g/mol. The number of hydrogen-bond donors (Lipinski definition) is 0. The zero-order valence-electron chi connectivity index (χ0n) is 14.1. The van der Waals surface area contributed by atoms with Gasteiger partial charge in [-0.25, -0.2) is 13.8 Å². The van der Waals surface area contributed by atoms with Crippen molar-refractivity contribution >= 4 is 0 Å². The summed E-state index contributed by atoms with van der Waals surface area (Å²) in [6.07, 6.45) is 3.62. The zero-order valence-corrected chi connectivity index (χ0v) is 14.1. The summed E-state index contributed by atoms with van der Waals surface area (Å²) in [5, 5.41) is 0. The van der Waals surface area contributed by atoms with E-state index in [0.717, 1.165) is 11.9 Å². The molecule has 4 heteroatoms. The van der Waals surface area contributed by atoms with Gasteiger partial charge in [-0.05, 0) is 48.2 Å². The second-order valence-corrected chi connectivity index (χ2v) is 6.17. The molecule has 24 heavy (non-hydrogen) atoms. The van der Waals surface area contributed by atoms with Crippen LogP contribution in [-0.4, -0.2) is 9.55 Å². The van der Waals surface area contributed by atoms with Crippen LogP contribution in [0.3, 0.4) is 0 Å². The van der Waals surface area contributed by atoms with E-state index in [1.807, 2.05) is 10.8 Å². The van der Waals surface area contributed by atoms with Crippen LogP contribution in [0.5, 0.6) is 0 Å². The first-order chi connectivity index (χ1) is 11.5. The van der Waals surface area contributed by atoms with E-state index >= 15 is 0 Å². The highest BCUT2D eigenvalue weighted by atomic mass is 19.2. The van der Waals surface area contributed by atoms with Gasteiger partial charge in [-0.2, -0.15) is 0 Å². The standard InChI is InChI=1S/C20H20F2N2/c1-13-5-4-6-17(14(13)2)15(3)20-23-9-10-24(20)12-16-7-8-18(21)19(22)11-16/h4-11,15H,12H2,1-3H3/t15-/m0/s1. The van der Waals surface area contributed by atoms with Gasteiger partial charge in [0.05, 0.1) is 0 Å². The first kappa shape index (κ1) is 16.4. The molecule has 0 saturated carbocycles. The fraction of sp³-hybridized carbons (Fsp3) is 0.250. The lowest BCUT2D eigenvalue weighted by atomic mass is 9.93. The summed E-state index contributed by atoms with van der Waals surface area (Å²) in [6, 6.07) is 10.3. The van der Waals surface area contributed by atoms with Gasteiger partial charge in [-0.1, -0.05) is 31.2 Å². The van der Waals surface area contributed by atoms with E-state index in [9.17, 15) is 8.78 Å². The Hall–Kier alpha value is -2.49. The van der Waals surface area contributed by atoms with Crippen LogP contribution in [0.1, 0.15) is 40.9 Å². The minimum atomic E-state index is -0.826. The molecule has 0 aliphatic carbocycles. The molecule has 3 rings (SSSR count). The van der Waals surface area contributed by atoms with Gasteiger partial charge in [-0.3, -0.25) is 0 Å². The van der Waals surface area contributed by atoms with Crippen LogP contribution in [0.2, 0.25) is 0 Å². The van der Waals surface area contributed by atoms with Crippen LogP contribution < -0.4 is 0 Å². The van der Waals surface area contributed by atoms with Gasteiger partial charge in [0, 0.05) is 24.9 Å². The molecule has 0 radical (unpaired) electrons. The number of benzene rings is 2. The van der Waals surface area contributed by atoms with Crippen LogP contribution in [0, 0.1) is 25.5 Å². The molecule has 0 spiro atoms. The van der Waals surface area contributed by atoms with Crippen molar-refractivity contribution in [3.05, 3.63) is 88.5 Å². The maximum atomic E-state index is 13.4. The van der Waals surface area contributed by atoms with Gasteiger partial charge >= 0.3 is 0 Å². The lowest BCUT2D eigenvalue weighted by Gasteiger charge is -2.18. The number of nitrogens with zero attached hydrogens (tertiary/aromatic N) is 2. The lowest BCUT2D eigenvalue weighted by Crippen LogP contribution is -2.10. The van der Waals surface area contributed by atoms with Crippen LogP contribution in [-0.2, 0) is 6.54 Å². The van der Waals surface area contributed by atoms with E-state index in [4.69, 9.17) is 0 Å². The van der Waals surface area contributed by atoms with Crippen molar-refractivity contribution in [2.24, 2.45) is 0 Å². The predicted octanol–water partition coefficient (Wildman–Crippen LogP) is 4.98. The maximum absolute atomic E-state index is 13.4. The largest absolute Gasteiger partial charge is 0.330 e. The van der Waals surface area contributed by atoms with E-state index in [-0.39, 0.29) is 5.92 Å². The molecule has 0 aliphatic rings. The minimum absolute atomic E-state index is 0.116. The van der Waals surface area contributed by atoms with Crippen LogP contribution in [0.15, 0.2) is 48.8 Å². The molecule has 0 N–H and O–H groups in total. The summed E-state index contributed by atoms with van der Waals surface area (Å²) in [5.74, 6) is -0.622. The molecular formula is C20H20F2N2. The molecule has 1 atom stereocenters. The van der Waals surface area contributed by atoms with Crippen molar-refractivity contribution in [2.45, 2.75) is 33.2 Å². The predicted molar refractivity (Wildman–Crippen MR) is 91.1 cm³/mol. The number of halogens is 2. The number of aromatic nitrogens is 2. The Morgan fingerprint density at radius 3 is 2.62 bits per heavy atom. The third-order valence-corrected chi connectivity index (χ3v) is 4.58. The van der Waals surface area contributed by atoms with Gasteiger partial charge in [-0.15, -0.1) is 0 Å². The third-order valence-electron chi connectivity index (χ3n) is 4.58. The smallest absolute Gasteiger partial charge is 0.159 e. The van der Waals surface area contributed by atoms with E-state index in [0.29, 0.717) is 12.1 Å². The van der Waals surface area contributed by atoms with Crippen molar-refractivity contribution in [2.75, 3.05) is 0 Å². The number of imidazole rings is 1. The highest BCUT2D eigenvalue weighted by molar-refractivity contribution is 5.38. The fourth-order valence-corrected chi connectivity index (χ4v) is 3.05. The van der Waals surface area contributed by atoms with E-state index < -0.39 is 11.6 Å². The topological polar surface area (TPSA) is 17.8 Å². The Bertz CT molecular complexity index is 868. The molecule has 0 aliphatic heterocycles. The van der Waals surface area contributed by atoms with E-state index in [2.05, 4.69) is 44.0 Å². The monoisotopic (exact) mass is 326 g/mol. The molecule has 2 nitrogen and oxygen atoms in total. The molecule has 1 heterocycles. The van der Waals surface area contributed by atoms with E-state index in [1.54, 1.807) is 12.3 Å². The van der Waals surface area contributed by atoms with E-state index in [1.165, 1.54) is 22.8 Å². The lowest BCUT2D eigenvalue weighted by molar-refractivity contribution is 0.506. The fourth-order valence-electron chi connectivity index (χ4n) is 3.05. The first-order valence-electron chi connectivity index (χ1n) is 7.98. The third kappa shape index (κ3) is 3.09. The molecule has 0 amide bonds. The molecule has 124 valence electrons. The summed E-state index contributed by atoms with van der Waals surface area (Å²) in [5.41, 5.74) is 4.44. The van der Waals surface area contributed by atoms with Crippen molar-refractivity contribution < 1.29 is 8.78 Å². The Balaban J connectivity index is 1.92. The molecule has 3 aromatic rings. The molecule has 1 aromatic heterocycles. The normalized spacial score (nSPS) is 12.4. The summed E-state index contributed by atoms with van der Waals surface area (Å²) >= 11 is 0. The van der Waals surface area contributed by atoms with Gasteiger partial charge in [0.1, 0.15) is 5.82 Å². The van der Waals surface area contributed by atoms with Gasteiger partial charge in [0.15, 0.2) is 11.6 Å². The highest BCUT2D eigenvalue weighted by Gasteiger charge is 2.17. The minimum Gasteiger partial charge on any atom is -0.330 e. The molecular weight excluding hydrogens is 306 g/mol. The number of rotatable bonds is 4. The van der Waals surface area contributed by atoms with Crippen molar-refractivity contribution in [1.82, 2.24) is 9.55 Å². The maximum Gasteiger partial charge on any atom is 0.159 e. The molecule has 0 saturated heterocycles. The summed E-state index contributed by atoms with van der Waals surface area (Å²) in [7, 11) is 0. The quantitative estimate of drug-likeness (QED) is 0.661. The Morgan fingerprint density at radius 2 is 1.88 bits per heavy atom. The first-order valence-corrected chi connectivity index (χ1v) is 7.98. The highest BCUT2D eigenvalue weighted by Crippen LogP contribution is 2.27. The molecule has 0 bridgehead atoms. The van der Waals surface area contributed by atoms with Crippen LogP contribution >= 0.6 is 0 Å². The molecule has 0 unspecified atom stereocenters. The summed E-state index contributed by atoms with van der Waals surface area (Å²) in [4.78, 5) is 4.49. The second-order valence-electron chi connectivity index (χ2n) is 6.17. The Morgan fingerprint density at radius 1 is 1.08 bits per heavy atom. The number of hydrogen-bond acceptors (Lipinski definition) is 1. The Labute approximate surface area is 140 Å². The van der Waals surface area contributed by atoms with Crippen LogP contribution in [0.25, 0.3) is 0 Å². The van der Waals surface area contributed by atoms with Crippen molar-refractivity contribution in [3.63, 3.8) is 0 Å². The van der Waals surface area contributed by atoms with Gasteiger partial charge < -0.3 is 4.57 Å². The average Bonchev–Trinajstić information content (AvgIpc) is 3.01. The molecule has 0 fully saturated rings. The summed E-state index contributed by atoms with van der Waals surface area (Å²) in [6.45, 7) is 6.79. The zero-order chi connectivity index (χ0) is 17.3. The summed E-state index contributed by atoms with van der Waals surface area (Å²) < 4.78 is 28.5. The van der Waals surface area contributed by atoms with Gasteiger partial charge in [0.25, 0.3) is 0 Å². The van der Waals surface area contributed by atoms with Crippen molar-refractivity contribution in [3.8, 4) is 0 Å². The SMILES string of the molecule is Cc1cccc([C@H](C)c2nccn2Cc2ccc(F)c(F)c2)c1C.